The number of ether oxygens (including phenoxy) is 3. The molecule has 3 rings (SSSR count). The van der Waals surface area contributed by atoms with Crippen LogP contribution in [0, 0.1) is 6.92 Å². The van der Waals surface area contributed by atoms with Crippen molar-refractivity contribution < 1.29 is 19.0 Å². The first-order valence-corrected chi connectivity index (χ1v) is 7.79. The number of aryl methyl sites for hydroxylation is 1. The van der Waals surface area contributed by atoms with Crippen LogP contribution < -0.4 is 0 Å². The lowest BCUT2D eigenvalue weighted by Crippen LogP contribution is -2.40. The Balaban J connectivity index is 1.83. The zero-order chi connectivity index (χ0) is 15.7. The maximum atomic E-state index is 12.1. The van der Waals surface area contributed by atoms with Gasteiger partial charge in [-0.25, -0.2) is 4.79 Å². The fourth-order valence-electron chi connectivity index (χ4n) is 3.34. The summed E-state index contributed by atoms with van der Waals surface area (Å²) in [6.07, 6.45) is 1.19. The predicted octanol–water partition coefficient (Wildman–Crippen LogP) is 3.10. The summed E-state index contributed by atoms with van der Waals surface area (Å²) in [5.74, 6) is -0.387. The van der Waals surface area contributed by atoms with E-state index < -0.39 is 5.60 Å². The maximum Gasteiger partial charge on any atom is 0.336 e. The first-order valence-electron chi connectivity index (χ1n) is 7.79. The van der Waals surface area contributed by atoms with E-state index in [-0.39, 0.29) is 18.2 Å². The molecule has 2 aliphatic rings. The fourth-order valence-corrected chi connectivity index (χ4v) is 3.34. The molecule has 0 saturated carbocycles. The number of fused-ring (bicyclic) bond motifs is 1. The Kier molecular flexibility index (Phi) is 4.06. The number of esters is 1. The topological polar surface area (TPSA) is 44.8 Å². The third-order valence-electron chi connectivity index (χ3n) is 4.56. The summed E-state index contributed by atoms with van der Waals surface area (Å²) in [7, 11) is 0. The van der Waals surface area contributed by atoms with Gasteiger partial charge < -0.3 is 14.2 Å². The lowest BCUT2D eigenvalue weighted by molar-refractivity contribution is -0.141. The molecule has 3 unspecified atom stereocenters. The van der Waals surface area contributed by atoms with Crippen LogP contribution in [0.15, 0.2) is 36.4 Å². The number of rotatable bonds is 4. The second-order valence-electron chi connectivity index (χ2n) is 5.95. The second-order valence-corrected chi connectivity index (χ2v) is 5.95. The molecular weight excluding hydrogens is 280 g/mol. The molecule has 0 bridgehead atoms. The third-order valence-corrected chi connectivity index (χ3v) is 4.56. The Bertz CT molecular complexity index is 577. The van der Waals surface area contributed by atoms with Crippen LogP contribution in [0.5, 0.6) is 0 Å². The van der Waals surface area contributed by atoms with Gasteiger partial charge in [-0.1, -0.05) is 36.4 Å². The monoisotopic (exact) mass is 302 g/mol. The van der Waals surface area contributed by atoms with Gasteiger partial charge in [0.15, 0.2) is 0 Å². The molecule has 1 aromatic rings. The van der Waals surface area contributed by atoms with E-state index >= 15 is 0 Å². The van der Waals surface area contributed by atoms with Gasteiger partial charge in [0.05, 0.1) is 31.0 Å². The van der Waals surface area contributed by atoms with Crippen LogP contribution in [-0.4, -0.2) is 30.9 Å². The molecule has 1 aromatic carbocycles. The highest BCUT2D eigenvalue weighted by Crippen LogP contribution is 2.50. The van der Waals surface area contributed by atoms with Crippen molar-refractivity contribution in [2.75, 3.05) is 13.2 Å². The fraction of sp³-hybridized carbons (Fsp3) is 0.500. The Hall–Kier alpha value is -1.65. The molecule has 22 heavy (non-hydrogen) atoms. The predicted molar refractivity (Wildman–Crippen MR) is 82.5 cm³/mol. The Morgan fingerprint density at radius 1 is 1.41 bits per heavy atom. The largest absolute Gasteiger partial charge is 0.463 e. The number of carbonyl (C=O) groups is 1. The van der Waals surface area contributed by atoms with Gasteiger partial charge >= 0.3 is 5.97 Å². The van der Waals surface area contributed by atoms with E-state index in [1.807, 2.05) is 0 Å². The van der Waals surface area contributed by atoms with Gasteiger partial charge in [0.1, 0.15) is 5.60 Å². The zero-order valence-corrected chi connectivity index (χ0v) is 13.1. The van der Waals surface area contributed by atoms with Gasteiger partial charge in [0, 0.05) is 12.8 Å². The van der Waals surface area contributed by atoms with E-state index in [1.54, 1.807) is 6.92 Å². The standard InChI is InChI=1S/C18H22O4/c1-4-20-17(19)13(3)18-11-15(22-16(18)9-10-21-18)14-7-5-12(2)6-8-14/h5-8,15-16H,3-4,9-11H2,1-2H3. The summed E-state index contributed by atoms with van der Waals surface area (Å²) in [4.78, 5) is 12.1. The summed E-state index contributed by atoms with van der Waals surface area (Å²) in [5, 5.41) is 0. The van der Waals surface area contributed by atoms with Crippen LogP contribution in [0.2, 0.25) is 0 Å². The van der Waals surface area contributed by atoms with Crippen LogP contribution in [0.1, 0.15) is 37.0 Å². The minimum absolute atomic E-state index is 0.0722. The van der Waals surface area contributed by atoms with E-state index in [9.17, 15) is 4.79 Å². The second kappa shape index (κ2) is 5.86. The summed E-state index contributed by atoms with van der Waals surface area (Å²) in [6.45, 7) is 8.72. The first-order chi connectivity index (χ1) is 10.6. The van der Waals surface area contributed by atoms with Gasteiger partial charge in [-0.3, -0.25) is 0 Å². The van der Waals surface area contributed by atoms with Crippen LogP contribution in [0.4, 0.5) is 0 Å². The molecule has 0 N–H and O–H groups in total. The quantitative estimate of drug-likeness (QED) is 0.633. The van der Waals surface area contributed by atoms with Gasteiger partial charge in [-0.2, -0.15) is 0 Å². The van der Waals surface area contributed by atoms with Crippen LogP contribution in [0.25, 0.3) is 0 Å². The SMILES string of the molecule is C=C(C(=O)OCC)C12CC(c3ccc(C)cc3)OC1CCO2. The van der Waals surface area contributed by atoms with E-state index in [1.165, 1.54) is 5.56 Å². The van der Waals surface area contributed by atoms with Gasteiger partial charge in [0.25, 0.3) is 0 Å². The molecule has 0 aromatic heterocycles. The molecule has 3 atom stereocenters. The molecule has 2 aliphatic heterocycles. The molecule has 0 amide bonds. The Labute approximate surface area is 131 Å². The third kappa shape index (κ3) is 2.46. The summed E-state index contributed by atoms with van der Waals surface area (Å²) >= 11 is 0. The number of hydrogen-bond acceptors (Lipinski definition) is 4. The minimum Gasteiger partial charge on any atom is -0.463 e. The van der Waals surface area contributed by atoms with Crippen LogP contribution in [0.3, 0.4) is 0 Å². The average molecular weight is 302 g/mol. The maximum absolute atomic E-state index is 12.1. The molecular formula is C18H22O4. The molecule has 0 aliphatic carbocycles. The summed E-state index contributed by atoms with van der Waals surface area (Å²) in [6, 6.07) is 8.28. The zero-order valence-electron chi connectivity index (χ0n) is 13.1. The Morgan fingerprint density at radius 2 is 2.14 bits per heavy atom. The highest BCUT2D eigenvalue weighted by Gasteiger charge is 2.56. The lowest BCUT2D eigenvalue weighted by Gasteiger charge is -2.27. The van der Waals surface area contributed by atoms with E-state index in [2.05, 4.69) is 37.8 Å². The molecule has 4 nitrogen and oxygen atoms in total. The molecule has 0 spiro atoms. The van der Waals surface area contributed by atoms with E-state index in [4.69, 9.17) is 14.2 Å². The summed E-state index contributed by atoms with van der Waals surface area (Å²) in [5.41, 5.74) is 1.97. The highest BCUT2D eigenvalue weighted by molar-refractivity contribution is 5.90. The molecule has 2 fully saturated rings. The van der Waals surface area contributed by atoms with Crippen molar-refractivity contribution in [1.29, 1.82) is 0 Å². The Morgan fingerprint density at radius 3 is 2.82 bits per heavy atom. The molecule has 2 saturated heterocycles. The van der Waals surface area contributed by atoms with E-state index in [0.29, 0.717) is 25.2 Å². The normalized spacial score (nSPS) is 30.1. The van der Waals surface area contributed by atoms with Gasteiger partial charge in [-0.05, 0) is 19.4 Å². The van der Waals surface area contributed by atoms with Crippen molar-refractivity contribution in [3.63, 3.8) is 0 Å². The van der Waals surface area contributed by atoms with Crippen molar-refractivity contribution in [2.24, 2.45) is 0 Å². The molecule has 0 radical (unpaired) electrons. The van der Waals surface area contributed by atoms with Gasteiger partial charge in [0.2, 0.25) is 0 Å². The number of benzene rings is 1. The molecule has 118 valence electrons. The van der Waals surface area contributed by atoms with Crippen molar-refractivity contribution in [3.05, 3.63) is 47.5 Å². The van der Waals surface area contributed by atoms with Crippen molar-refractivity contribution in [2.45, 2.75) is 44.5 Å². The van der Waals surface area contributed by atoms with E-state index in [0.717, 1.165) is 12.0 Å². The van der Waals surface area contributed by atoms with Crippen molar-refractivity contribution in [1.82, 2.24) is 0 Å². The van der Waals surface area contributed by atoms with Gasteiger partial charge in [-0.15, -0.1) is 0 Å². The lowest BCUT2D eigenvalue weighted by atomic mass is 9.85. The number of carbonyl (C=O) groups excluding carboxylic acids is 1. The first kappa shape index (κ1) is 15.3. The van der Waals surface area contributed by atoms with Crippen molar-refractivity contribution in [3.8, 4) is 0 Å². The minimum atomic E-state index is -0.734. The molecule has 4 heteroatoms. The van der Waals surface area contributed by atoms with Crippen LogP contribution in [-0.2, 0) is 19.0 Å². The van der Waals surface area contributed by atoms with Crippen molar-refractivity contribution >= 4 is 5.97 Å². The number of hydrogen-bond donors (Lipinski definition) is 0. The average Bonchev–Trinajstić information content (AvgIpc) is 3.05. The smallest absolute Gasteiger partial charge is 0.336 e. The summed E-state index contributed by atoms with van der Waals surface area (Å²) < 4.78 is 17.2. The molecule has 2 heterocycles. The highest BCUT2D eigenvalue weighted by atomic mass is 16.6. The van der Waals surface area contributed by atoms with Crippen LogP contribution >= 0.6 is 0 Å².